The molecule has 1 fully saturated rings. The highest BCUT2D eigenvalue weighted by atomic mass is 32.1. The summed E-state index contributed by atoms with van der Waals surface area (Å²) in [5.41, 5.74) is 0.392. The van der Waals surface area contributed by atoms with Crippen molar-refractivity contribution in [1.82, 2.24) is 4.90 Å². The lowest BCUT2D eigenvalue weighted by Gasteiger charge is -2.24. The molecule has 2 N–H and O–H groups in total. The summed E-state index contributed by atoms with van der Waals surface area (Å²) in [5, 5.41) is 20.2. The van der Waals surface area contributed by atoms with Crippen molar-refractivity contribution in [1.29, 1.82) is 0 Å². The van der Waals surface area contributed by atoms with E-state index in [0.29, 0.717) is 17.7 Å². The number of aliphatic carboxylic acids is 1. The fraction of sp³-hybridized carbons (Fsp3) is 0.500. The van der Waals surface area contributed by atoms with E-state index >= 15 is 0 Å². The third kappa shape index (κ3) is 3.44. The van der Waals surface area contributed by atoms with Crippen molar-refractivity contribution >= 4 is 24.5 Å². The van der Waals surface area contributed by atoms with E-state index in [-0.39, 0.29) is 25.3 Å². The quantitative estimate of drug-likeness (QED) is 0.719. The maximum atomic E-state index is 12.2. The van der Waals surface area contributed by atoms with E-state index in [0.717, 1.165) is 5.56 Å². The lowest BCUT2D eigenvalue weighted by Crippen LogP contribution is -2.41. The Kier molecular flexibility index (Phi) is 5.13. The molecule has 120 valence electrons. The number of hydrogen-bond acceptors (Lipinski definition) is 4. The molecule has 0 aliphatic carbocycles. The minimum absolute atomic E-state index is 0.0119. The Bertz CT molecular complexity index is 560. The fourth-order valence-corrected chi connectivity index (χ4v) is 2.97. The number of carboxylic acid groups (broad SMARTS) is 1. The van der Waals surface area contributed by atoms with Crippen LogP contribution in [0.4, 0.5) is 0 Å². The fourth-order valence-electron chi connectivity index (χ4n) is 2.82. The molecule has 2 atom stereocenters. The number of hydrogen-bond donors (Lipinski definition) is 3. The molecule has 0 bridgehead atoms. The van der Waals surface area contributed by atoms with Crippen LogP contribution in [0.15, 0.2) is 24.3 Å². The Hall–Kier alpha value is -1.53. The Morgan fingerprint density at radius 1 is 1.36 bits per heavy atom. The van der Waals surface area contributed by atoms with Gasteiger partial charge in [-0.15, -0.1) is 0 Å². The Morgan fingerprint density at radius 3 is 2.55 bits per heavy atom. The van der Waals surface area contributed by atoms with Gasteiger partial charge in [0.25, 0.3) is 0 Å². The number of carbonyl (C=O) groups is 2. The van der Waals surface area contributed by atoms with Crippen molar-refractivity contribution < 1.29 is 19.8 Å². The van der Waals surface area contributed by atoms with Gasteiger partial charge in [-0.3, -0.25) is 4.79 Å². The van der Waals surface area contributed by atoms with Crippen LogP contribution >= 0.6 is 12.6 Å². The molecule has 1 saturated heterocycles. The van der Waals surface area contributed by atoms with Crippen LogP contribution in [0.3, 0.4) is 0 Å². The maximum absolute atomic E-state index is 12.2. The van der Waals surface area contributed by atoms with Gasteiger partial charge >= 0.3 is 5.97 Å². The molecule has 0 aromatic heterocycles. The van der Waals surface area contributed by atoms with Gasteiger partial charge in [0.1, 0.15) is 11.6 Å². The summed E-state index contributed by atoms with van der Waals surface area (Å²) in [4.78, 5) is 24.9. The van der Waals surface area contributed by atoms with Gasteiger partial charge in [0.15, 0.2) is 0 Å². The highest BCUT2D eigenvalue weighted by molar-refractivity contribution is 7.80. The second-order valence-electron chi connectivity index (χ2n) is 5.80. The number of carboxylic acids is 1. The van der Waals surface area contributed by atoms with Crippen LogP contribution in [0.25, 0.3) is 0 Å². The lowest BCUT2D eigenvalue weighted by molar-refractivity contribution is -0.148. The molecule has 1 unspecified atom stereocenters. The SMILES string of the molecule is Cc1ccc(C2(O)C[C@@H](C(=O)O)N(C(=O)CCCS)C2)cc1. The minimum Gasteiger partial charge on any atom is -0.480 e. The van der Waals surface area contributed by atoms with Gasteiger partial charge < -0.3 is 15.1 Å². The number of amides is 1. The van der Waals surface area contributed by atoms with Crippen LogP contribution in [-0.4, -0.2) is 45.3 Å². The first-order valence-corrected chi connectivity index (χ1v) is 7.93. The topological polar surface area (TPSA) is 77.8 Å². The van der Waals surface area contributed by atoms with Crippen LogP contribution in [0.1, 0.15) is 30.4 Å². The molecule has 22 heavy (non-hydrogen) atoms. The van der Waals surface area contributed by atoms with Crippen molar-refractivity contribution in [2.24, 2.45) is 0 Å². The summed E-state index contributed by atoms with van der Waals surface area (Å²) in [5.74, 6) is -0.758. The summed E-state index contributed by atoms with van der Waals surface area (Å²) in [6.07, 6.45) is 0.850. The molecular weight excluding hydrogens is 302 g/mol. The number of rotatable bonds is 5. The van der Waals surface area contributed by atoms with Gasteiger partial charge in [-0.05, 0) is 24.7 Å². The molecule has 1 amide bonds. The van der Waals surface area contributed by atoms with Crippen LogP contribution in [-0.2, 0) is 15.2 Å². The predicted octanol–water partition coefficient (Wildman–Crippen LogP) is 1.58. The van der Waals surface area contributed by atoms with Crippen LogP contribution in [0, 0.1) is 6.92 Å². The summed E-state index contributed by atoms with van der Waals surface area (Å²) >= 11 is 4.07. The van der Waals surface area contributed by atoms with Gasteiger partial charge in [0, 0.05) is 12.8 Å². The van der Waals surface area contributed by atoms with Crippen molar-refractivity contribution in [3.05, 3.63) is 35.4 Å². The van der Waals surface area contributed by atoms with E-state index in [2.05, 4.69) is 12.6 Å². The van der Waals surface area contributed by atoms with Crippen molar-refractivity contribution in [3.8, 4) is 0 Å². The number of benzene rings is 1. The van der Waals surface area contributed by atoms with Crippen LogP contribution in [0.2, 0.25) is 0 Å². The summed E-state index contributed by atoms with van der Waals surface area (Å²) in [6, 6.07) is 6.33. The Morgan fingerprint density at radius 2 is 2.00 bits per heavy atom. The maximum Gasteiger partial charge on any atom is 0.326 e. The molecule has 1 heterocycles. The number of aliphatic hydroxyl groups is 1. The average molecular weight is 323 g/mol. The smallest absolute Gasteiger partial charge is 0.326 e. The van der Waals surface area contributed by atoms with Gasteiger partial charge in [-0.2, -0.15) is 12.6 Å². The Labute approximate surface area is 135 Å². The van der Waals surface area contributed by atoms with E-state index in [1.165, 1.54) is 4.90 Å². The molecule has 0 radical (unpaired) electrons. The zero-order valence-corrected chi connectivity index (χ0v) is 13.4. The molecule has 1 aliphatic rings. The molecule has 5 nitrogen and oxygen atoms in total. The van der Waals surface area contributed by atoms with Crippen molar-refractivity contribution in [2.75, 3.05) is 12.3 Å². The predicted molar refractivity (Wildman–Crippen MR) is 85.9 cm³/mol. The summed E-state index contributed by atoms with van der Waals surface area (Å²) < 4.78 is 0. The van der Waals surface area contributed by atoms with E-state index in [4.69, 9.17) is 0 Å². The molecule has 0 saturated carbocycles. The average Bonchev–Trinajstić information content (AvgIpc) is 2.85. The van der Waals surface area contributed by atoms with E-state index < -0.39 is 17.6 Å². The highest BCUT2D eigenvalue weighted by Crippen LogP contribution is 2.36. The van der Waals surface area contributed by atoms with Gasteiger partial charge in [-0.1, -0.05) is 29.8 Å². The first kappa shape index (κ1) is 16.8. The Balaban J connectivity index is 2.24. The van der Waals surface area contributed by atoms with Crippen molar-refractivity contribution in [2.45, 2.75) is 37.8 Å². The van der Waals surface area contributed by atoms with E-state index in [9.17, 15) is 19.8 Å². The molecular formula is C16H21NO4S. The standard InChI is InChI=1S/C16H21NO4S/c1-11-4-6-12(7-5-11)16(21)9-13(15(19)20)17(10-16)14(18)3-2-8-22/h4-7,13,21-22H,2-3,8-10H2,1H3,(H,19,20)/t13-,16?/m0/s1. The van der Waals surface area contributed by atoms with E-state index in [1.807, 2.05) is 19.1 Å². The zero-order chi connectivity index (χ0) is 16.3. The summed E-state index contributed by atoms with van der Waals surface area (Å²) in [6.45, 7) is 1.95. The first-order valence-electron chi connectivity index (χ1n) is 7.30. The lowest BCUT2D eigenvalue weighted by atomic mass is 9.90. The minimum atomic E-state index is -1.31. The summed E-state index contributed by atoms with van der Waals surface area (Å²) in [7, 11) is 0. The molecule has 1 aliphatic heterocycles. The number of thiol groups is 1. The van der Waals surface area contributed by atoms with Gasteiger partial charge in [-0.25, -0.2) is 4.79 Å². The number of β-amino-alcohol motifs (C(OH)–C–C–N with tert-alkyl or cyclic N) is 1. The monoisotopic (exact) mass is 323 g/mol. The molecule has 6 heteroatoms. The third-order valence-electron chi connectivity index (χ3n) is 4.08. The molecule has 1 aromatic rings. The zero-order valence-electron chi connectivity index (χ0n) is 12.5. The number of carbonyl (C=O) groups excluding carboxylic acids is 1. The molecule has 2 rings (SSSR count). The normalized spacial score (nSPS) is 24.5. The number of likely N-dealkylation sites (tertiary alicyclic amines) is 1. The van der Waals surface area contributed by atoms with Crippen LogP contribution < -0.4 is 0 Å². The number of aryl methyl sites for hydroxylation is 1. The molecule has 0 spiro atoms. The first-order chi connectivity index (χ1) is 10.4. The highest BCUT2D eigenvalue weighted by Gasteiger charge is 2.48. The van der Waals surface area contributed by atoms with E-state index in [1.54, 1.807) is 12.1 Å². The van der Waals surface area contributed by atoms with Crippen molar-refractivity contribution in [3.63, 3.8) is 0 Å². The van der Waals surface area contributed by atoms with Gasteiger partial charge in [0.2, 0.25) is 5.91 Å². The number of nitrogens with zero attached hydrogens (tertiary/aromatic N) is 1. The molecule has 1 aromatic carbocycles. The third-order valence-corrected chi connectivity index (χ3v) is 4.40. The van der Waals surface area contributed by atoms with Gasteiger partial charge in [0.05, 0.1) is 6.54 Å². The second-order valence-corrected chi connectivity index (χ2v) is 6.25. The van der Waals surface area contributed by atoms with Crippen LogP contribution in [0.5, 0.6) is 0 Å². The largest absolute Gasteiger partial charge is 0.480 e. The second kappa shape index (κ2) is 6.71.